The molecule has 0 aromatic rings. The van der Waals surface area contributed by atoms with E-state index >= 15 is 0 Å². The molecule has 0 unspecified atom stereocenters. The van der Waals surface area contributed by atoms with Crippen molar-refractivity contribution >= 4 is 23.3 Å². The third kappa shape index (κ3) is 4.96. The molecule has 4 heteroatoms. The Hall–Kier alpha value is -0.770. The highest BCUT2D eigenvalue weighted by atomic mass is 32.2. The number of Topliss-reactive ketones (excluding diaryl/α,β-unsaturated/α-hetero) is 2. The van der Waals surface area contributed by atoms with Crippen molar-refractivity contribution in [3.8, 4) is 0 Å². The highest BCUT2D eigenvalue weighted by Crippen LogP contribution is 2.15. The maximum atomic E-state index is 10.9. The van der Waals surface area contributed by atoms with E-state index in [2.05, 4.69) is 5.32 Å². The van der Waals surface area contributed by atoms with Crippen LogP contribution in [-0.2, 0) is 9.59 Å². The van der Waals surface area contributed by atoms with Gasteiger partial charge < -0.3 is 5.32 Å². The zero-order valence-corrected chi connectivity index (χ0v) is 8.33. The highest BCUT2D eigenvalue weighted by molar-refractivity contribution is 8.04. The van der Waals surface area contributed by atoms with E-state index in [1.54, 1.807) is 13.2 Å². The third-order valence-corrected chi connectivity index (χ3v) is 2.32. The van der Waals surface area contributed by atoms with Crippen LogP contribution in [0.15, 0.2) is 11.1 Å². The summed E-state index contributed by atoms with van der Waals surface area (Å²) in [6, 6.07) is 0. The lowest BCUT2D eigenvalue weighted by atomic mass is 10.4. The number of hydrogen-bond donors (Lipinski definition) is 1. The number of ketones is 2. The van der Waals surface area contributed by atoms with E-state index in [4.69, 9.17) is 0 Å². The largest absolute Gasteiger partial charge is 0.393 e. The summed E-state index contributed by atoms with van der Waals surface area (Å²) in [5.41, 5.74) is 0. The fraction of sp³-hybridized carbons (Fsp3) is 0.500. The second-order valence-corrected chi connectivity index (χ2v) is 3.36. The van der Waals surface area contributed by atoms with Crippen LogP contribution in [0.5, 0.6) is 0 Å². The number of nitrogens with one attached hydrogen (secondary N) is 1. The average Bonchev–Trinajstić information content (AvgIpc) is 1.96. The lowest BCUT2D eigenvalue weighted by molar-refractivity contribution is -0.114. The Kier molecular flexibility index (Phi) is 5.45. The van der Waals surface area contributed by atoms with Gasteiger partial charge in [-0.15, -0.1) is 11.8 Å². The summed E-state index contributed by atoms with van der Waals surface area (Å²) in [7, 11) is 1.72. The first kappa shape index (κ1) is 11.2. The lowest BCUT2D eigenvalue weighted by Gasteiger charge is -2.00. The van der Waals surface area contributed by atoms with Crippen molar-refractivity contribution in [1.29, 1.82) is 0 Å². The second-order valence-electron chi connectivity index (χ2n) is 2.34. The van der Waals surface area contributed by atoms with Crippen LogP contribution in [0.25, 0.3) is 0 Å². The van der Waals surface area contributed by atoms with Crippen molar-refractivity contribution in [2.45, 2.75) is 13.8 Å². The van der Waals surface area contributed by atoms with Gasteiger partial charge in [0.1, 0.15) is 5.78 Å². The molecule has 0 aliphatic rings. The molecule has 0 saturated heterocycles. The zero-order valence-electron chi connectivity index (χ0n) is 7.51. The molecule has 0 bridgehead atoms. The first-order valence-electron chi connectivity index (χ1n) is 3.58. The summed E-state index contributed by atoms with van der Waals surface area (Å²) in [6.07, 6.45) is 1.61. The summed E-state index contributed by atoms with van der Waals surface area (Å²) in [5, 5.41) is 2.76. The van der Waals surface area contributed by atoms with Gasteiger partial charge >= 0.3 is 0 Å². The Labute approximate surface area is 78.1 Å². The molecule has 12 heavy (non-hydrogen) atoms. The van der Waals surface area contributed by atoms with Gasteiger partial charge in [0.25, 0.3) is 0 Å². The van der Waals surface area contributed by atoms with E-state index in [9.17, 15) is 9.59 Å². The van der Waals surface area contributed by atoms with Crippen LogP contribution >= 0.6 is 11.8 Å². The summed E-state index contributed by atoms with van der Waals surface area (Å²) in [5.74, 6) is 0.409. The molecular formula is C8H15NO2S. The molecule has 0 rings (SSSR count). The quantitative estimate of drug-likeness (QED) is 0.660. The van der Waals surface area contributed by atoms with E-state index in [0.29, 0.717) is 10.7 Å². The number of carbonyl (C=O) groups is 2. The van der Waals surface area contributed by atoms with E-state index in [-0.39, 0.29) is 13.0 Å². The smallest absolute Gasteiger partial charge is 0.167 e. The van der Waals surface area contributed by atoms with E-state index in [0.717, 1.165) is 0 Å². The second kappa shape index (κ2) is 5.83. The van der Waals surface area contributed by atoms with Crippen LogP contribution in [0.3, 0.4) is 0 Å². The molecule has 0 aromatic carbocycles. The topological polar surface area (TPSA) is 46.2 Å². The number of carbonyl (C=O) groups excluding carboxylic acids is 2. The molecule has 1 N–H and O–H groups in total. The summed E-state index contributed by atoms with van der Waals surface area (Å²) >= 11 is 1.26. The van der Waals surface area contributed by atoms with Gasteiger partial charge in [0.05, 0.1) is 10.7 Å². The van der Waals surface area contributed by atoms with Gasteiger partial charge in [-0.1, -0.05) is 0 Å². The van der Waals surface area contributed by atoms with Crippen LogP contribution in [0.2, 0.25) is 0 Å². The van der Waals surface area contributed by atoms with Crippen molar-refractivity contribution in [3.63, 3.8) is 0 Å². The third-order valence-electron chi connectivity index (χ3n) is 1.05. The summed E-state index contributed by atoms with van der Waals surface area (Å²) in [4.78, 5) is 22.1. The number of allylic oxidation sites excluding steroid dienone is 1. The molecule has 70 valence electrons. The molecule has 3 nitrogen and oxygen atoms in total. The van der Waals surface area contributed by atoms with Crippen molar-refractivity contribution in [3.05, 3.63) is 11.1 Å². The van der Waals surface area contributed by atoms with Gasteiger partial charge in [0.15, 0.2) is 5.78 Å². The van der Waals surface area contributed by atoms with Gasteiger partial charge in [-0.25, -0.2) is 0 Å². The molecule has 0 aromatic heterocycles. The Morgan fingerprint density at radius 1 is 1.50 bits per heavy atom. The van der Waals surface area contributed by atoms with Crippen LogP contribution in [-0.4, -0.2) is 24.4 Å². The maximum Gasteiger partial charge on any atom is 0.167 e. The zero-order chi connectivity index (χ0) is 9.56. The molecule has 0 spiro atoms. The summed E-state index contributed by atoms with van der Waals surface area (Å²) in [6.45, 7) is 2.99. The van der Waals surface area contributed by atoms with Crippen LogP contribution in [0.4, 0.5) is 0 Å². The fourth-order valence-corrected chi connectivity index (χ4v) is 1.32. The highest BCUT2D eigenvalue weighted by Gasteiger charge is 2.04. The fourth-order valence-electron chi connectivity index (χ4n) is 0.555. The Balaban J connectivity index is 0. The monoisotopic (exact) mass is 189 g/mol. The first-order valence-corrected chi connectivity index (χ1v) is 4.57. The normalized spacial score (nSPS) is 11.1. The molecule has 0 saturated carbocycles. The van der Waals surface area contributed by atoms with Gasteiger partial charge in [-0.3, -0.25) is 9.59 Å². The number of rotatable bonds is 5. The molecule has 0 radical (unpaired) electrons. The Morgan fingerprint density at radius 2 is 2.08 bits per heavy atom. The molecular weight excluding hydrogens is 174 g/mol. The molecule has 0 aliphatic heterocycles. The van der Waals surface area contributed by atoms with Gasteiger partial charge in [-0.2, -0.15) is 0 Å². The lowest BCUT2D eigenvalue weighted by Crippen LogP contribution is -2.03. The average molecular weight is 189 g/mol. The van der Waals surface area contributed by atoms with Crippen molar-refractivity contribution in [1.82, 2.24) is 5.32 Å². The Morgan fingerprint density at radius 3 is 2.42 bits per heavy atom. The SMILES string of the molecule is CN/C=C(\SCC(C)=O)C(C)=O.[HH]. The minimum absolute atomic E-state index is 0. The molecule has 0 amide bonds. The van der Waals surface area contributed by atoms with Crippen LogP contribution < -0.4 is 5.32 Å². The molecule has 0 heterocycles. The first-order chi connectivity index (χ1) is 5.57. The number of hydrogen-bond acceptors (Lipinski definition) is 4. The van der Waals surface area contributed by atoms with E-state index in [1.165, 1.54) is 25.6 Å². The van der Waals surface area contributed by atoms with Crippen molar-refractivity contribution < 1.29 is 11.0 Å². The van der Waals surface area contributed by atoms with Crippen molar-refractivity contribution in [2.24, 2.45) is 0 Å². The van der Waals surface area contributed by atoms with Gasteiger partial charge in [0.2, 0.25) is 0 Å². The van der Waals surface area contributed by atoms with Gasteiger partial charge in [-0.05, 0) is 13.8 Å². The maximum absolute atomic E-state index is 10.9. The van der Waals surface area contributed by atoms with E-state index < -0.39 is 0 Å². The molecule has 0 aliphatic carbocycles. The minimum Gasteiger partial charge on any atom is -0.393 e. The standard InChI is InChI=1S/C8H13NO2S.H2/c1-6(10)5-12-8(4-9-3)7(2)11;/h4,9H,5H2,1-3H3;1H/b8-4-;. The molecule has 0 atom stereocenters. The van der Waals surface area contributed by atoms with Crippen molar-refractivity contribution in [2.75, 3.05) is 12.8 Å². The van der Waals surface area contributed by atoms with E-state index in [1.807, 2.05) is 0 Å². The summed E-state index contributed by atoms with van der Waals surface area (Å²) < 4.78 is 0. The minimum atomic E-state index is -0.0180. The van der Waals surface area contributed by atoms with Gasteiger partial charge in [0, 0.05) is 14.7 Å². The predicted octanol–water partition coefficient (Wildman–Crippen LogP) is 1.20. The van der Waals surface area contributed by atoms with Crippen LogP contribution in [0.1, 0.15) is 15.3 Å². The predicted molar refractivity (Wildman–Crippen MR) is 53.1 cm³/mol. The molecule has 0 fully saturated rings. The Bertz CT molecular complexity index is 216. The number of thioether (sulfide) groups is 1. The van der Waals surface area contributed by atoms with Crippen LogP contribution in [0, 0.1) is 0 Å².